The molecule has 1 heterocycles. The van der Waals surface area contributed by atoms with E-state index in [-0.39, 0.29) is 17.3 Å². The Morgan fingerprint density at radius 3 is 2.42 bits per heavy atom. The molecule has 1 N–H and O–H groups in total. The van der Waals surface area contributed by atoms with Crippen molar-refractivity contribution >= 4 is 17.7 Å². The van der Waals surface area contributed by atoms with Crippen molar-refractivity contribution in [3.63, 3.8) is 0 Å². The molecule has 0 unspecified atom stereocenters. The van der Waals surface area contributed by atoms with Crippen LogP contribution in [0.3, 0.4) is 0 Å². The number of aromatic nitrogens is 1. The summed E-state index contributed by atoms with van der Waals surface area (Å²) < 4.78 is 5.01. The van der Waals surface area contributed by atoms with Gasteiger partial charge in [0.1, 0.15) is 5.82 Å². The number of hydrogen-bond donors (Lipinski definition) is 1. The van der Waals surface area contributed by atoms with Gasteiger partial charge in [0.05, 0.1) is 17.6 Å². The number of pyridine rings is 1. The van der Waals surface area contributed by atoms with Gasteiger partial charge in [-0.05, 0) is 75.3 Å². The minimum Gasteiger partial charge on any atom is -0.462 e. The summed E-state index contributed by atoms with van der Waals surface area (Å²) >= 11 is 0. The van der Waals surface area contributed by atoms with Crippen LogP contribution in [0, 0.1) is 23.2 Å². The van der Waals surface area contributed by atoms with Crippen LogP contribution in [0.5, 0.6) is 0 Å². The molecule has 4 aliphatic rings. The van der Waals surface area contributed by atoms with Gasteiger partial charge in [-0.2, -0.15) is 0 Å². The average molecular weight is 328 g/mol. The summed E-state index contributed by atoms with van der Waals surface area (Å²) in [6.07, 6.45) is 8.52. The van der Waals surface area contributed by atoms with Crippen LogP contribution >= 0.6 is 0 Å². The first-order chi connectivity index (χ1) is 11.6. The molecule has 4 aliphatic carbocycles. The van der Waals surface area contributed by atoms with E-state index in [1.54, 1.807) is 25.3 Å². The fourth-order valence-electron chi connectivity index (χ4n) is 5.48. The van der Waals surface area contributed by atoms with Crippen molar-refractivity contribution in [2.75, 3.05) is 11.9 Å². The summed E-state index contributed by atoms with van der Waals surface area (Å²) in [4.78, 5) is 29.1. The summed E-state index contributed by atoms with van der Waals surface area (Å²) in [6.45, 7) is 2.10. The van der Waals surface area contributed by atoms with E-state index in [1.807, 2.05) is 0 Å². The number of carbonyl (C=O) groups excluding carboxylic acids is 2. The molecule has 1 aromatic rings. The van der Waals surface area contributed by atoms with Crippen LogP contribution in [0.1, 0.15) is 55.8 Å². The second-order valence-corrected chi connectivity index (χ2v) is 7.80. The Morgan fingerprint density at radius 2 is 1.83 bits per heavy atom. The van der Waals surface area contributed by atoms with Gasteiger partial charge in [0.2, 0.25) is 5.91 Å². The van der Waals surface area contributed by atoms with Crippen molar-refractivity contribution in [3.05, 3.63) is 23.9 Å². The largest absolute Gasteiger partial charge is 0.462 e. The van der Waals surface area contributed by atoms with Gasteiger partial charge in [-0.1, -0.05) is 0 Å². The van der Waals surface area contributed by atoms with Crippen LogP contribution in [0.15, 0.2) is 18.3 Å². The van der Waals surface area contributed by atoms with Crippen LogP contribution in [-0.2, 0) is 9.53 Å². The monoisotopic (exact) mass is 328 g/mol. The fourth-order valence-corrected chi connectivity index (χ4v) is 5.48. The SMILES string of the molecule is CCOC(=O)c1ccnc(NC(=O)C23CC4CC(CC(C4)C2)C3)c1. The molecule has 5 nitrogen and oxygen atoms in total. The number of hydrogen-bond acceptors (Lipinski definition) is 4. The van der Waals surface area contributed by atoms with E-state index in [4.69, 9.17) is 4.74 Å². The molecule has 1 aromatic heterocycles. The Labute approximate surface area is 142 Å². The number of nitrogens with zero attached hydrogens (tertiary/aromatic N) is 1. The average Bonchev–Trinajstić information content (AvgIpc) is 2.54. The molecule has 0 atom stereocenters. The Balaban J connectivity index is 1.50. The third kappa shape index (κ3) is 2.70. The van der Waals surface area contributed by atoms with Crippen molar-refractivity contribution in [2.45, 2.75) is 45.4 Å². The zero-order valence-electron chi connectivity index (χ0n) is 14.1. The first-order valence-corrected chi connectivity index (χ1v) is 9.02. The lowest BCUT2D eigenvalue weighted by Crippen LogP contribution is -2.51. The quantitative estimate of drug-likeness (QED) is 0.860. The number of amides is 1. The number of nitrogens with one attached hydrogen (secondary N) is 1. The Morgan fingerprint density at radius 1 is 1.21 bits per heavy atom. The lowest BCUT2D eigenvalue weighted by molar-refractivity contribution is -0.140. The Hall–Kier alpha value is -1.91. The van der Waals surface area contributed by atoms with Crippen molar-refractivity contribution in [3.8, 4) is 0 Å². The van der Waals surface area contributed by atoms with Crippen molar-refractivity contribution in [2.24, 2.45) is 23.2 Å². The van der Waals surface area contributed by atoms with Crippen LogP contribution in [-0.4, -0.2) is 23.5 Å². The molecule has 4 saturated carbocycles. The number of carbonyl (C=O) groups is 2. The van der Waals surface area contributed by atoms with Gasteiger partial charge in [-0.3, -0.25) is 4.79 Å². The van der Waals surface area contributed by atoms with Gasteiger partial charge in [-0.25, -0.2) is 9.78 Å². The van der Waals surface area contributed by atoms with E-state index in [2.05, 4.69) is 10.3 Å². The van der Waals surface area contributed by atoms with E-state index in [1.165, 1.54) is 19.3 Å². The molecule has 5 rings (SSSR count). The highest BCUT2D eigenvalue weighted by Crippen LogP contribution is 2.60. The van der Waals surface area contributed by atoms with Gasteiger partial charge in [-0.15, -0.1) is 0 Å². The number of ether oxygens (including phenoxy) is 1. The lowest BCUT2D eigenvalue weighted by atomic mass is 9.49. The van der Waals surface area contributed by atoms with E-state index >= 15 is 0 Å². The molecule has 0 aliphatic heterocycles. The van der Waals surface area contributed by atoms with Gasteiger partial charge < -0.3 is 10.1 Å². The van der Waals surface area contributed by atoms with Crippen molar-refractivity contribution < 1.29 is 14.3 Å². The third-order valence-corrected chi connectivity index (χ3v) is 6.03. The highest BCUT2D eigenvalue weighted by atomic mass is 16.5. The first kappa shape index (κ1) is 15.6. The maximum absolute atomic E-state index is 13.0. The molecule has 0 aromatic carbocycles. The van der Waals surface area contributed by atoms with Crippen LogP contribution < -0.4 is 5.32 Å². The third-order valence-electron chi connectivity index (χ3n) is 6.03. The maximum Gasteiger partial charge on any atom is 0.338 e. The second-order valence-electron chi connectivity index (χ2n) is 7.80. The standard InChI is InChI=1S/C19H24N2O3/c1-2-24-17(22)15-3-4-20-16(8-15)21-18(23)19-9-12-5-13(10-19)7-14(6-12)11-19/h3-4,8,12-14H,2,5-7,9-11H2,1H3,(H,20,21,23). The summed E-state index contributed by atoms with van der Waals surface area (Å²) in [5.74, 6) is 2.32. The van der Waals surface area contributed by atoms with Crippen molar-refractivity contribution in [1.82, 2.24) is 4.98 Å². The molecule has 5 heteroatoms. The van der Waals surface area contributed by atoms with Gasteiger partial charge in [0.25, 0.3) is 0 Å². The second kappa shape index (κ2) is 5.87. The molecular formula is C19H24N2O3. The smallest absolute Gasteiger partial charge is 0.338 e. The molecule has 0 saturated heterocycles. The zero-order valence-corrected chi connectivity index (χ0v) is 14.1. The molecular weight excluding hydrogens is 304 g/mol. The van der Waals surface area contributed by atoms with Gasteiger partial charge in [0, 0.05) is 6.20 Å². The van der Waals surface area contributed by atoms with Gasteiger partial charge in [0.15, 0.2) is 0 Å². The minimum atomic E-state index is -0.384. The number of anilines is 1. The summed E-state index contributed by atoms with van der Waals surface area (Å²) in [5.41, 5.74) is 0.212. The summed E-state index contributed by atoms with van der Waals surface area (Å²) in [6, 6.07) is 3.22. The highest BCUT2D eigenvalue weighted by Gasteiger charge is 2.54. The molecule has 1 amide bonds. The predicted octanol–water partition coefficient (Wildman–Crippen LogP) is 3.41. The van der Waals surface area contributed by atoms with Crippen LogP contribution in [0.4, 0.5) is 5.82 Å². The molecule has 128 valence electrons. The number of rotatable bonds is 4. The zero-order chi connectivity index (χ0) is 16.7. The molecule has 0 spiro atoms. The van der Waals surface area contributed by atoms with Crippen molar-refractivity contribution in [1.29, 1.82) is 0 Å². The molecule has 4 fully saturated rings. The van der Waals surface area contributed by atoms with Gasteiger partial charge >= 0.3 is 5.97 Å². The normalized spacial score (nSPS) is 33.3. The van der Waals surface area contributed by atoms with E-state index in [9.17, 15) is 9.59 Å². The Bertz CT molecular complexity index is 635. The van der Waals surface area contributed by atoms with Crippen LogP contribution in [0.25, 0.3) is 0 Å². The molecule has 4 bridgehead atoms. The first-order valence-electron chi connectivity index (χ1n) is 9.02. The maximum atomic E-state index is 13.0. The highest BCUT2D eigenvalue weighted by molar-refractivity contribution is 5.96. The Kier molecular flexibility index (Phi) is 3.82. The van der Waals surface area contributed by atoms with Crippen LogP contribution in [0.2, 0.25) is 0 Å². The molecule has 0 radical (unpaired) electrons. The summed E-state index contributed by atoms with van der Waals surface area (Å²) in [5, 5.41) is 2.98. The fraction of sp³-hybridized carbons (Fsp3) is 0.632. The summed E-state index contributed by atoms with van der Waals surface area (Å²) in [7, 11) is 0. The number of esters is 1. The van der Waals surface area contributed by atoms with E-state index in [0.29, 0.717) is 18.0 Å². The van der Waals surface area contributed by atoms with E-state index in [0.717, 1.165) is 37.0 Å². The van der Waals surface area contributed by atoms with E-state index < -0.39 is 0 Å². The molecule has 24 heavy (non-hydrogen) atoms. The topological polar surface area (TPSA) is 68.3 Å². The lowest BCUT2D eigenvalue weighted by Gasteiger charge is -2.55. The minimum absolute atomic E-state index is 0.0927. The predicted molar refractivity (Wildman–Crippen MR) is 89.4 cm³/mol.